The summed E-state index contributed by atoms with van der Waals surface area (Å²) < 4.78 is 0. The Labute approximate surface area is 68.4 Å². The molecule has 0 aliphatic carbocycles. The lowest BCUT2D eigenvalue weighted by Gasteiger charge is -2.17. The van der Waals surface area contributed by atoms with Gasteiger partial charge in [-0.1, -0.05) is 13.8 Å². The van der Waals surface area contributed by atoms with Crippen molar-refractivity contribution in [2.45, 2.75) is 20.3 Å². The van der Waals surface area contributed by atoms with E-state index in [1.54, 1.807) is 0 Å². The van der Waals surface area contributed by atoms with Crippen LogP contribution in [0.2, 0.25) is 0 Å². The minimum Gasteiger partial charge on any atom is -0.388 e. The molecule has 0 radical (unpaired) electrons. The van der Waals surface area contributed by atoms with E-state index in [-0.39, 0.29) is 0 Å². The van der Waals surface area contributed by atoms with Crippen molar-refractivity contribution in [2.24, 2.45) is 10.9 Å². The molecule has 1 aliphatic heterocycles. The fraction of sp³-hybridized carbons (Fsp3) is 0.667. The zero-order valence-corrected chi connectivity index (χ0v) is 7.30. The highest BCUT2D eigenvalue weighted by Gasteiger charge is 2.08. The fourth-order valence-electron chi connectivity index (χ4n) is 1.12. The normalized spacial score (nSPS) is 23.1. The average Bonchev–Trinajstić information content (AvgIpc) is 2.03. The molecule has 0 saturated heterocycles. The summed E-state index contributed by atoms with van der Waals surface area (Å²) in [5.74, 6) is 0.576. The van der Waals surface area contributed by atoms with Crippen molar-refractivity contribution in [3.8, 4) is 0 Å². The number of nitrogens with zero attached hydrogens (tertiary/aromatic N) is 1. The molecule has 0 amide bonds. The van der Waals surface area contributed by atoms with Gasteiger partial charge in [-0.25, -0.2) is 0 Å². The standard InChI is InChI=1S/C9H16N2/c1-3-5-11-9-4-6-10-7-8(9)2/h4,6,8,11H,3,5,7H2,1-2H3. The Morgan fingerprint density at radius 3 is 3.18 bits per heavy atom. The van der Waals surface area contributed by atoms with E-state index >= 15 is 0 Å². The highest BCUT2D eigenvalue weighted by molar-refractivity contribution is 5.73. The average molecular weight is 152 g/mol. The molecule has 1 rings (SSSR count). The first-order valence-corrected chi connectivity index (χ1v) is 4.28. The smallest absolute Gasteiger partial charge is 0.0469 e. The van der Waals surface area contributed by atoms with Gasteiger partial charge in [0.2, 0.25) is 0 Å². The summed E-state index contributed by atoms with van der Waals surface area (Å²) >= 11 is 0. The van der Waals surface area contributed by atoms with Gasteiger partial charge in [0.1, 0.15) is 0 Å². The molecule has 1 aliphatic rings. The van der Waals surface area contributed by atoms with E-state index in [1.807, 2.05) is 6.21 Å². The van der Waals surface area contributed by atoms with Gasteiger partial charge in [0.05, 0.1) is 0 Å². The first-order valence-electron chi connectivity index (χ1n) is 4.28. The molecule has 2 nitrogen and oxygen atoms in total. The van der Waals surface area contributed by atoms with Gasteiger partial charge in [0, 0.05) is 30.9 Å². The van der Waals surface area contributed by atoms with Crippen LogP contribution in [-0.2, 0) is 0 Å². The number of aliphatic imine (C=N–C) groups is 1. The molecule has 0 aromatic carbocycles. The summed E-state index contributed by atoms with van der Waals surface area (Å²) in [5.41, 5.74) is 1.34. The Kier molecular flexibility index (Phi) is 3.14. The van der Waals surface area contributed by atoms with Crippen molar-refractivity contribution >= 4 is 6.21 Å². The molecule has 1 atom stereocenters. The maximum Gasteiger partial charge on any atom is 0.0469 e. The lowest BCUT2D eigenvalue weighted by atomic mass is 10.1. The molecule has 0 bridgehead atoms. The number of rotatable bonds is 3. The quantitative estimate of drug-likeness (QED) is 0.652. The minimum absolute atomic E-state index is 0.576. The second-order valence-electron chi connectivity index (χ2n) is 2.96. The molecule has 1 heterocycles. The molecule has 62 valence electrons. The molecule has 0 aromatic rings. The van der Waals surface area contributed by atoms with Crippen LogP contribution in [0, 0.1) is 5.92 Å². The SMILES string of the molecule is CCCNC1=CC=NCC1C. The summed E-state index contributed by atoms with van der Waals surface area (Å²) in [6, 6.07) is 0. The van der Waals surface area contributed by atoms with E-state index in [9.17, 15) is 0 Å². The Morgan fingerprint density at radius 1 is 1.73 bits per heavy atom. The van der Waals surface area contributed by atoms with Crippen LogP contribution in [0.1, 0.15) is 20.3 Å². The van der Waals surface area contributed by atoms with Crippen LogP contribution in [0.5, 0.6) is 0 Å². The lowest BCUT2D eigenvalue weighted by molar-refractivity contribution is 0.606. The summed E-state index contributed by atoms with van der Waals surface area (Å²) in [5, 5.41) is 3.39. The number of dihydropyridines is 1. The number of allylic oxidation sites excluding steroid dienone is 1. The number of hydrogen-bond donors (Lipinski definition) is 1. The maximum atomic E-state index is 4.18. The van der Waals surface area contributed by atoms with Crippen molar-refractivity contribution in [2.75, 3.05) is 13.1 Å². The van der Waals surface area contributed by atoms with Gasteiger partial charge < -0.3 is 5.32 Å². The van der Waals surface area contributed by atoms with E-state index in [4.69, 9.17) is 0 Å². The van der Waals surface area contributed by atoms with Crippen molar-refractivity contribution in [1.82, 2.24) is 5.32 Å². The van der Waals surface area contributed by atoms with Gasteiger partial charge in [-0.3, -0.25) is 4.99 Å². The minimum atomic E-state index is 0.576. The van der Waals surface area contributed by atoms with Crippen LogP contribution < -0.4 is 5.32 Å². The third-order valence-electron chi connectivity index (χ3n) is 1.85. The highest BCUT2D eigenvalue weighted by atomic mass is 14.9. The second-order valence-corrected chi connectivity index (χ2v) is 2.96. The molecule has 0 saturated carbocycles. The number of nitrogens with one attached hydrogen (secondary N) is 1. The predicted octanol–water partition coefficient (Wildman–Crippen LogP) is 1.59. The Balaban J connectivity index is 2.40. The van der Waals surface area contributed by atoms with Crippen LogP contribution in [0.4, 0.5) is 0 Å². The zero-order valence-electron chi connectivity index (χ0n) is 7.30. The first-order chi connectivity index (χ1) is 5.34. The van der Waals surface area contributed by atoms with Crippen LogP contribution in [0.25, 0.3) is 0 Å². The molecule has 11 heavy (non-hydrogen) atoms. The van der Waals surface area contributed by atoms with Crippen molar-refractivity contribution in [3.05, 3.63) is 11.8 Å². The van der Waals surface area contributed by atoms with Gasteiger partial charge in [0.25, 0.3) is 0 Å². The molecule has 1 unspecified atom stereocenters. The molecular weight excluding hydrogens is 136 g/mol. The molecular formula is C9H16N2. The molecule has 2 heteroatoms. The second kappa shape index (κ2) is 4.16. The Hall–Kier alpha value is -0.790. The largest absolute Gasteiger partial charge is 0.388 e. The molecule has 0 fully saturated rings. The third kappa shape index (κ3) is 2.37. The summed E-state index contributed by atoms with van der Waals surface area (Å²) in [6.45, 7) is 6.38. The van der Waals surface area contributed by atoms with Crippen LogP contribution in [0.3, 0.4) is 0 Å². The van der Waals surface area contributed by atoms with Crippen molar-refractivity contribution in [1.29, 1.82) is 0 Å². The van der Waals surface area contributed by atoms with E-state index in [0.29, 0.717) is 5.92 Å². The summed E-state index contributed by atoms with van der Waals surface area (Å²) in [7, 11) is 0. The topological polar surface area (TPSA) is 24.4 Å². The van der Waals surface area contributed by atoms with Gasteiger partial charge in [-0.2, -0.15) is 0 Å². The number of hydrogen-bond acceptors (Lipinski definition) is 2. The Morgan fingerprint density at radius 2 is 2.55 bits per heavy atom. The maximum absolute atomic E-state index is 4.18. The monoisotopic (exact) mass is 152 g/mol. The van der Waals surface area contributed by atoms with Gasteiger partial charge in [-0.05, 0) is 12.5 Å². The van der Waals surface area contributed by atoms with Gasteiger partial charge in [0.15, 0.2) is 0 Å². The fourth-order valence-corrected chi connectivity index (χ4v) is 1.12. The van der Waals surface area contributed by atoms with Crippen molar-refractivity contribution < 1.29 is 0 Å². The van der Waals surface area contributed by atoms with Crippen LogP contribution in [-0.4, -0.2) is 19.3 Å². The van der Waals surface area contributed by atoms with E-state index < -0.39 is 0 Å². The molecule has 0 spiro atoms. The zero-order chi connectivity index (χ0) is 8.10. The van der Waals surface area contributed by atoms with Gasteiger partial charge in [-0.15, -0.1) is 0 Å². The molecule has 0 aromatic heterocycles. The van der Waals surface area contributed by atoms with Crippen molar-refractivity contribution in [3.63, 3.8) is 0 Å². The van der Waals surface area contributed by atoms with Crippen LogP contribution in [0.15, 0.2) is 16.8 Å². The van der Waals surface area contributed by atoms with E-state index in [0.717, 1.165) is 13.1 Å². The highest BCUT2D eigenvalue weighted by Crippen LogP contribution is 2.09. The third-order valence-corrected chi connectivity index (χ3v) is 1.85. The Bertz CT molecular complexity index is 170. The van der Waals surface area contributed by atoms with E-state index in [2.05, 4.69) is 30.2 Å². The predicted molar refractivity (Wildman–Crippen MR) is 48.9 cm³/mol. The van der Waals surface area contributed by atoms with Gasteiger partial charge >= 0.3 is 0 Å². The molecule has 1 N–H and O–H groups in total. The first kappa shape index (κ1) is 8.31. The summed E-state index contributed by atoms with van der Waals surface area (Å²) in [6.07, 6.45) is 5.14. The summed E-state index contributed by atoms with van der Waals surface area (Å²) in [4.78, 5) is 4.18. The van der Waals surface area contributed by atoms with E-state index in [1.165, 1.54) is 12.1 Å². The van der Waals surface area contributed by atoms with Crippen LogP contribution >= 0.6 is 0 Å². The lowest BCUT2D eigenvalue weighted by Crippen LogP contribution is -2.23.